The van der Waals surface area contributed by atoms with E-state index in [0.29, 0.717) is 0 Å². The molecule has 2 N–H and O–H groups in total. The minimum absolute atomic E-state index is 0.0256. The summed E-state index contributed by atoms with van der Waals surface area (Å²) in [7, 11) is 0. The van der Waals surface area contributed by atoms with Gasteiger partial charge in [0, 0.05) is 10.9 Å². The Labute approximate surface area is 123 Å². The van der Waals surface area contributed by atoms with Gasteiger partial charge >= 0.3 is 5.97 Å². The second kappa shape index (κ2) is 6.26. The van der Waals surface area contributed by atoms with Gasteiger partial charge in [-0.15, -0.1) is 11.3 Å². The van der Waals surface area contributed by atoms with Gasteiger partial charge in [-0.05, 0) is 25.3 Å². The molecule has 0 aliphatic rings. The van der Waals surface area contributed by atoms with Crippen LogP contribution in [0.15, 0.2) is 6.07 Å². The lowest BCUT2D eigenvalue weighted by molar-refractivity contribution is -0.123. The van der Waals surface area contributed by atoms with E-state index in [2.05, 4.69) is 5.32 Å². The lowest BCUT2D eigenvalue weighted by Crippen LogP contribution is -2.34. The molecule has 0 atom stereocenters. The zero-order valence-corrected chi connectivity index (χ0v) is 13.3. The highest BCUT2D eigenvalue weighted by molar-refractivity contribution is 7.14. The van der Waals surface area contributed by atoms with E-state index in [1.807, 2.05) is 34.6 Å². The van der Waals surface area contributed by atoms with Crippen LogP contribution in [-0.2, 0) is 10.2 Å². The maximum Gasteiger partial charge on any atom is 0.349 e. The Morgan fingerprint density at radius 1 is 1.40 bits per heavy atom. The van der Waals surface area contributed by atoms with Crippen LogP contribution in [0.25, 0.3) is 0 Å². The third-order valence-electron chi connectivity index (χ3n) is 2.44. The van der Waals surface area contributed by atoms with Crippen LogP contribution in [0.3, 0.4) is 0 Å². The standard InChI is InChI=1S/C14H21NO4S/c1-8(2)15-11(16)7-19-9-6-10(14(3,4)5)20-12(9)13(17)18/h6,8H,7H2,1-5H3,(H,15,16)(H,17,18). The maximum atomic E-state index is 11.5. The van der Waals surface area contributed by atoms with E-state index in [-0.39, 0.29) is 34.6 Å². The highest BCUT2D eigenvalue weighted by Crippen LogP contribution is 2.36. The quantitative estimate of drug-likeness (QED) is 0.876. The molecule has 0 aliphatic heterocycles. The van der Waals surface area contributed by atoms with Gasteiger partial charge in [0.15, 0.2) is 11.5 Å². The van der Waals surface area contributed by atoms with Crippen LogP contribution in [0.2, 0.25) is 0 Å². The van der Waals surface area contributed by atoms with Crippen molar-refractivity contribution in [2.75, 3.05) is 6.61 Å². The largest absolute Gasteiger partial charge is 0.482 e. The van der Waals surface area contributed by atoms with E-state index in [1.165, 1.54) is 11.3 Å². The van der Waals surface area contributed by atoms with Gasteiger partial charge < -0.3 is 15.2 Å². The summed E-state index contributed by atoms with van der Waals surface area (Å²) in [6.07, 6.45) is 0. The Morgan fingerprint density at radius 2 is 2.00 bits per heavy atom. The summed E-state index contributed by atoms with van der Waals surface area (Å²) in [5.41, 5.74) is -0.156. The molecule has 1 aromatic rings. The second-order valence-electron chi connectivity index (χ2n) is 5.87. The molecule has 1 rings (SSSR count). The summed E-state index contributed by atoms with van der Waals surface area (Å²) < 4.78 is 5.35. The summed E-state index contributed by atoms with van der Waals surface area (Å²) in [6, 6.07) is 1.73. The Balaban J connectivity index is 2.86. The van der Waals surface area contributed by atoms with E-state index in [1.54, 1.807) is 6.07 Å². The van der Waals surface area contributed by atoms with E-state index < -0.39 is 5.97 Å². The van der Waals surface area contributed by atoms with E-state index in [4.69, 9.17) is 4.74 Å². The molecule has 20 heavy (non-hydrogen) atoms. The van der Waals surface area contributed by atoms with Crippen molar-refractivity contribution in [2.45, 2.75) is 46.1 Å². The highest BCUT2D eigenvalue weighted by atomic mass is 32.1. The van der Waals surface area contributed by atoms with Gasteiger partial charge in [-0.2, -0.15) is 0 Å². The topological polar surface area (TPSA) is 75.6 Å². The summed E-state index contributed by atoms with van der Waals surface area (Å²) in [5, 5.41) is 11.9. The minimum Gasteiger partial charge on any atom is -0.482 e. The predicted octanol–water partition coefficient (Wildman–Crippen LogP) is 2.65. The monoisotopic (exact) mass is 299 g/mol. The van der Waals surface area contributed by atoms with E-state index in [9.17, 15) is 14.7 Å². The van der Waals surface area contributed by atoms with Crippen LogP contribution < -0.4 is 10.1 Å². The first-order valence-corrected chi connectivity index (χ1v) is 7.22. The molecule has 5 nitrogen and oxygen atoms in total. The fraction of sp³-hybridized carbons (Fsp3) is 0.571. The molecular formula is C14H21NO4S. The number of carboxylic acid groups (broad SMARTS) is 1. The van der Waals surface area contributed by atoms with Crippen LogP contribution >= 0.6 is 11.3 Å². The van der Waals surface area contributed by atoms with Gasteiger partial charge in [-0.25, -0.2) is 4.79 Å². The highest BCUT2D eigenvalue weighted by Gasteiger charge is 2.24. The second-order valence-corrected chi connectivity index (χ2v) is 6.92. The first-order valence-electron chi connectivity index (χ1n) is 6.41. The molecule has 0 spiro atoms. The van der Waals surface area contributed by atoms with Crippen LogP contribution in [0.1, 0.15) is 49.2 Å². The van der Waals surface area contributed by atoms with Crippen molar-refractivity contribution in [1.82, 2.24) is 5.32 Å². The number of amides is 1. The van der Waals surface area contributed by atoms with Crippen LogP contribution in [0.5, 0.6) is 5.75 Å². The number of ether oxygens (including phenoxy) is 1. The lowest BCUT2D eigenvalue weighted by atomic mass is 9.95. The summed E-state index contributed by atoms with van der Waals surface area (Å²) in [5.74, 6) is -1.05. The van der Waals surface area contributed by atoms with Crippen LogP contribution in [0.4, 0.5) is 0 Å². The number of carbonyl (C=O) groups excluding carboxylic acids is 1. The third-order valence-corrected chi connectivity index (χ3v) is 3.97. The fourth-order valence-electron chi connectivity index (χ4n) is 1.51. The Morgan fingerprint density at radius 3 is 2.45 bits per heavy atom. The van der Waals surface area contributed by atoms with Crippen molar-refractivity contribution >= 4 is 23.2 Å². The van der Waals surface area contributed by atoms with E-state index >= 15 is 0 Å². The van der Waals surface area contributed by atoms with Gasteiger partial charge in [-0.3, -0.25) is 4.79 Å². The van der Waals surface area contributed by atoms with Gasteiger partial charge in [0.1, 0.15) is 5.75 Å². The molecule has 0 fully saturated rings. The van der Waals surface area contributed by atoms with Crippen molar-refractivity contribution in [2.24, 2.45) is 0 Å². The number of hydrogen-bond acceptors (Lipinski definition) is 4. The smallest absolute Gasteiger partial charge is 0.349 e. The Bertz CT molecular complexity index is 500. The molecule has 0 saturated heterocycles. The maximum absolute atomic E-state index is 11.5. The number of carbonyl (C=O) groups is 2. The number of thiophene rings is 1. The first-order chi connectivity index (χ1) is 9.11. The van der Waals surface area contributed by atoms with E-state index in [0.717, 1.165) is 4.88 Å². The van der Waals surface area contributed by atoms with Crippen molar-refractivity contribution < 1.29 is 19.4 Å². The number of carboxylic acids is 1. The molecule has 0 bridgehead atoms. The first kappa shape index (κ1) is 16.5. The minimum atomic E-state index is -1.04. The van der Waals surface area contributed by atoms with Gasteiger partial charge in [0.2, 0.25) is 0 Å². The number of nitrogens with one attached hydrogen (secondary N) is 1. The van der Waals surface area contributed by atoms with Crippen LogP contribution in [-0.4, -0.2) is 29.6 Å². The van der Waals surface area contributed by atoms with Crippen molar-refractivity contribution in [3.05, 3.63) is 15.8 Å². The number of aromatic carboxylic acids is 1. The molecule has 1 heterocycles. The lowest BCUT2D eigenvalue weighted by Gasteiger charge is -2.15. The molecule has 0 aliphatic carbocycles. The summed E-state index contributed by atoms with van der Waals surface area (Å²) in [6.45, 7) is 9.52. The molecule has 112 valence electrons. The molecule has 0 saturated carbocycles. The fourth-order valence-corrected chi connectivity index (χ4v) is 2.50. The van der Waals surface area contributed by atoms with Gasteiger partial charge in [0.05, 0.1) is 0 Å². The van der Waals surface area contributed by atoms with Crippen molar-refractivity contribution in [3.63, 3.8) is 0 Å². The molecule has 1 amide bonds. The van der Waals surface area contributed by atoms with Gasteiger partial charge in [-0.1, -0.05) is 20.8 Å². The molecule has 1 aromatic heterocycles. The SMILES string of the molecule is CC(C)NC(=O)COc1cc(C(C)(C)C)sc1C(=O)O. The van der Waals surface area contributed by atoms with Crippen LogP contribution in [0, 0.1) is 0 Å². The predicted molar refractivity (Wildman–Crippen MR) is 78.8 cm³/mol. The summed E-state index contributed by atoms with van der Waals surface area (Å²) >= 11 is 1.18. The molecular weight excluding hydrogens is 278 g/mol. The zero-order chi connectivity index (χ0) is 15.5. The van der Waals surface area contributed by atoms with Gasteiger partial charge in [0.25, 0.3) is 5.91 Å². The molecule has 6 heteroatoms. The third kappa shape index (κ3) is 4.52. The summed E-state index contributed by atoms with van der Waals surface area (Å²) in [4.78, 5) is 23.8. The Hall–Kier alpha value is -1.56. The van der Waals surface area contributed by atoms with Crippen molar-refractivity contribution in [1.29, 1.82) is 0 Å². The Kier molecular flexibility index (Phi) is 5.16. The van der Waals surface area contributed by atoms with Crippen molar-refractivity contribution in [3.8, 4) is 5.75 Å². The molecule has 0 unspecified atom stereocenters. The number of rotatable bonds is 5. The number of hydrogen-bond donors (Lipinski definition) is 2. The molecule has 0 aromatic carbocycles. The normalized spacial score (nSPS) is 11.5. The average Bonchev–Trinajstić information content (AvgIpc) is 2.68. The average molecular weight is 299 g/mol. The zero-order valence-electron chi connectivity index (χ0n) is 12.4. The molecule has 0 radical (unpaired) electrons.